The Balaban J connectivity index is 3.39. The van der Waals surface area contributed by atoms with Crippen molar-refractivity contribution in [3.05, 3.63) is 0 Å². The van der Waals surface area contributed by atoms with E-state index in [1.54, 1.807) is 0 Å². The van der Waals surface area contributed by atoms with Crippen LogP contribution in [0.2, 0.25) is 0 Å². The maximum absolute atomic E-state index is 10.4. The SMILES string of the molecule is CC(C)(CCCCNCCCS(=O)(=O)O)OC=O. The van der Waals surface area contributed by atoms with Gasteiger partial charge in [-0.15, -0.1) is 0 Å². The van der Waals surface area contributed by atoms with E-state index < -0.39 is 15.7 Å². The van der Waals surface area contributed by atoms with Gasteiger partial charge in [-0.1, -0.05) is 0 Å². The number of carbonyl (C=O) groups excluding carboxylic acids is 1. The van der Waals surface area contributed by atoms with Crippen LogP contribution >= 0.6 is 0 Å². The normalized spacial score (nSPS) is 12.4. The molecule has 0 saturated carbocycles. The van der Waals surface area contributed by atoms with Gasteiger partial charge in [0.1, 0.15) is 5.60 Å². The number of ether oxygens (including phenoxy) is 1. The highest BCUT2D eigenvalue weighted by Gasteiger charge is 2.17. The van der Waals surface area contributed by atoms with Gasteiger partial charge in [0.05, 0.1) is 5.75 Å². The highest BCUT2D eigenvalue weighted by atomic mass is 32.2. The highest BCUT2D eigenvalue weighted by molar-refractivity contribution is 7.85. The van der Waals surface area contributed by atoms with Crippen molar-refractivity contribution in [3.63, 3.8) is 0 Å². The Bertz CT molecular complexity index is 326. The largest absolute Gasteiger partial charge is 0.462 e. The van der Waals surface area contributed by atoms with Crippen LogP contribution in [0.4, 0.5) is 0 Å². The third-order valence-electron chi connectivity index (χ3n) is 2.51. The average Bonchev–Trinajstić information content (AvgIpc) is 2.20. The smallest absolute Gasteiger partial charge is 0.293 e. The molecule has 7 heteroatoms. The molecule has 0 fully saturated rings. The minimum absolute atomic E-state index is 0.208. The fraction of sp³-hybridized carbons (Fsp3) is 0.909. The molecular weight excluding hydrogens is 258 g/mol. The second-order valence-corrected chi connectivity index (χ2v) is 6.39. The Labute approximate surface area is 109 Å². The summed E-state index contributed by atoms with van der Waals surface area (Å²) >= 11 is 0. The number of hydrogen-bond acceptors (Lipinski definition) is 5. The molecule has 0 aromatic heterocycles. The van der Waals surface area contributed by atoms with Gasteiger partial charge < -0.3 is 10.1 Å². The van der Waals surface area contributed by atoms with Crippen LogP contribution in [0, 0.1) is 0 Å². The topological polar surface area (TPSA) is 92.7 Å². The molecule has 0 aromatic carbocycles. The predicted molar refractivity (Wildman–Crippen MR) is 69.0 cm³/mol. The first-order valence-corrected chi connectivity index (χ1v) is 7.65. The summed E-state index contributed by atoms with van der Waals surface area (Å²) in [5.74, 6) is -0.208. The van der Waals surface area contributed by atoms with Crippen LogP contribution in [0.25, 0.3) is 0 Å². The average molecular weight is 281 g/mol. The van der Waals surface area contributed by atoms with E-state index in [4.69, 9.17) is 9.29 Å². The first-order chi connectivity index (χ1) is 8.27. The fourth-order valence-electron chi connectivity index (χ4n) is 1.49. The minimum atomic E-state index is -3.84. The van der Waals surface area contributed by atoms with Gasteiger partial charge in [0.2, 0.25) is 0 Å². The van der Waals surface area contributed by atoms with Crippen LogP contribution in [0.3, 0.4) is 0 Å². The van der Waals surface area contributed by atoms with Crippen LogP contribution in [-0.2, 0) is 19.6 Å². The zero-order valence-corrected chi connectivity index (χ0v) is 11.8. The zero-order chi connectivity index (χ0) is 14.1. The minimum Gasteiger partial charge on any atom is -0.462 e. The Morgan fingerprint density at radius 2 is 1.83 bits per heavy atom. The van der Waals surface area contributed by atoms with E-state index in [9.17, 15) is 13.2 Å². The van der Waals surface area contributed by atoms with Gasteiger partial charge in [-0.25, -0.2) is 0 Å². The summed E-state index contributed by atoms with van der Waals surface area (Å²) < 4.78 is 34.3. The maximum Gasteiger partial charge on any atom is 0.293 e. The van der Waals surface area contributed by atoms with Crippen molar-refractivity contribution >= 4 is 16.6 Å². The Morgan fingerprint density at radius 1 is 1.22 bits per heavy atom. The van der Waals surface area contributed by atoms with Crippen LogP contribution in [0.1, 0.15) is 39.5 Å². The van der Waals surface area contributed by atoms with E-state index in [0.717, 1.165) is 25.8 Å². The van der Waals surface area contributed by atoms with Gasteiger partial charge in [0.15, 0.2) is 0 Å². The Kier molecular flexibility index (Phi) is 8.13. The lowest BCUT2D eigenvalue weighted by molar-refractivity contribution is -0.140. The van der Waals surface area contributed by atoms with E-state index in [2.05, 4.69) is 5.32 Å². The molecule has 0 saturated heterocycles. The predicted octanol–water partition coefficient (Wildman–Crippen LogP) is 0.976. The van der Waals surface area contributed by atoms with Crippen molar-refractivity contribution in [2.45, 2.75) is 45.1 Å². The molecule has 0 amide bonds. The van der Waals surface area contributed by atoms with Gasteiger partial charge in [-0.3, -0.25) is 9.35 Å². The van der Waals surface area contributed by atoms with Crippen molar-refractivity contribution in [1.29, 1.82) is 0 Å². The monoisotopic (exact) mass is 281 g/mol. The van der Waals surface area contributed by atoms with Crippen LogP contribution < -0.4 is 5.32 Å². The first kappa shape index (κ1) is 17.3. The van der Waals surface area contributed by atoms with E-state index in [-0.39, 0.29) is 5.75 Å². The van der Waals surface area contributed by atoms with Crippen molar-refractivity contribution < 1.29 is 22.5 Å². The first-order valence-electron chi connectivity index (χ1n) is 6.04. The molecular formula is C11H23NO5S. The second kappa shape index (κ2) is 8.44. The number of unbranched alkanes of at least 4 members (excludes halogenated alkanes) is 1. The zero-order valence-electron chi connectivity index (χ0n) is 11.0. The third kappa shape index (κ3) is 11.8. The summed E-state index contributed by atoms with van der Waals surface area (Å²) in [6.07, 6.45) is 3.04. The van der Waals surface area contributed by atoms with Gasteiger partial charge >= 0.3 is 0 Å². The van der Waals surface area contributed by atoms with Gasteiger partial charge in [-0.05, 0) is 52.6 Å². The highest BCUT2D eigenvalue weighted by Crippen LogP contribution is 2.16. The summed E-state index contributed by atoms with van der Waals surface area (Å²) in [6.45, 7) is 5.53. The van der Waals surface area contributed by atoms with Crippen molar-refractivity contribution in [1.82, 2.24) is 5.32 Å². The van der Waals surface area contributed by atoms with E-state index in [1.807, 2.05) is 13.8 Å². The standard InChI is InChI=1S/C11H23NO5S/c1-11(2,17-10-13)6-3-4-7-12-8-5-9-18(14,15)16/h10,12H,3-9H2,1-2H3,(H,14,15,16). The molecule has 0 aliphatic rings. The number of rotatable bonds is 11. The summed E-state index contributed by atoms with van der Waals surface area (Å²) in [4.78, 5) is 10.2. The molecule has 0 spiro atoms. The van der Waals surface area contributed by atoms with Crippen LogP contribution in [0.5, 0.6) is 0 Å². The van der Waals surface area contributed by atoms with Crippen molar-refractivity contribution in [2.75, 3.05) is 18.8 Å². The number of nitrogens with one attached hydrogen (secondary N) is 1. The van der Waals surface area contributed by atoms with Gasteiger partial charge in [-0.2, -0.15) is 8.42 Å². The lowest BCUT2D eigenvalue weighted by Crippen LogP contribution is -2.24. The summed E-state index contributed by atoms with van der Waals surface area (Å²) in [5, 5.41) is 3.09. The maximum atomic E-state index is 10.4. The Hall–Kier alpha value is -0.660. The second-order valence-electron chi connectivity index (χ2n) is 4.82. The molecule has 0 rings (SSSR count). The summed E-state index contributed by atoms with van der Waals surface area (Å²) in [6, 6.07) is 0. The summed E-state index contributed by atoms with van der Waals surface area (Å²) in [7, 11) is -3.84. The van der Waals surface area contributed by atoms with Gasteiger partial charge in [0.25, 0.3) is 16.6 Å². The van der Waals surface area contributed by atoms with E-state index >= 15 is 0 Å². The number of hydrogen-bond donors (Lipinski definition) is 2. The molecule has 0 radical (unpaired) electrons. The molecule has 2 N–H and O–H groups in total. The molecule has 0 heterocycles. The quantitative estimate of drug-likeness (QED) is 0.333. The van der Waals surface area contributed by atoms with Crippen LogP contribution in [0.15, 0.2) is 0 Å². The molecule has 0 aliphatic carbocycles. The molecule has 0 atom stereocenters. The molecule has 0 bridgehead atoms. The lowest BCUT2D eigenvalue weighted by atomic mass is 10.0. The fourth-order valence-corrected chi connectivity index (χ4v) is 2.00. The van der Waals surface area contributed by atoms with E-state index in [1.165, 1.54) is 0 Å². The van der Waals surface area contributed by atoms with Crippen LogP contribution in [-0.4, -0.2) is 43.9 Å². The van der Waals surface area contributed by atoms with Crippen molar-refractivity contribution in [3.8, 4) is 0 Å². The number of carbonyl (C=O) groups is 1. The lowest BCUT2D eigenvalue weighted by Gasteiger charge is -2.22. The molecule has 0 aliphatic heterocycles. The summed E-state index contributed by atoms with van der Waals surface area (Å²) in [5.41, 5.74) is -0.424. The Morgan fingerprint density at radius 3 is 2.39 bits per heavy atom. The molecule has 0 aromatic rings. The van der Waals surface area contributed by atoms with Crippen molar-refractivity contribution in [2.24, 2.45) is 0 Å². The molecule has 0 unspecified atom stereocenters. The molecule has 108 valence electrons. The van der Waals surface area contributed by atoms with Gasteiger partial charge in [0, 0.05) is 0 Å². The molecule has 6 nitrogen and oxygen atoms in total. The van der Waals surface area contributed by atoms with E-state index in [0.29, 0.717) is 19.4 Å². The molecule has 18 heavy (non-hydrogen) atoms. The third-order valence-corrected chi connectivity index (χ3v) is 3.31.